The highest BCUT2D eigenvalue weighted by atomic mass is 79.9. The molecule has 1 heterocycles. The Morgan fingerprint density at radius 2 is 1.86 bits per heavy atom. The van der Waals surface area contributed by atoms with Crippen LogP contribution in [0.15, 0.2) is 0 Å². The van der Waals surface area contributed by atoms with E-state index in [4.69, 9.17) is 0 Å². The smallest absolute Gasteiger partial charge is 0.0557 e. The molecule has 0 bridgehead atoms. The fourth-order valence-electron chi connectivity index (χ4n) is 2.09. The summed E-state index contributed by atoms with van der Waals surface area (Å²) < 4.78 is 1.04. The number of alkyl halides is 1. The maximum atomic E-state index is 3.76. The molecule has 14 heavy (non-hydrogen) atoms. The van der Waals surface area contributed by atoms with E-state index in [1.54, 1.807) is 0 Å². The molecular formula is C11H21BrS2. The van der Waals surface area contributed by atoms with Crippen molar-refractivity contribution in [3.63, 3.8) is 0 Å². The van der Waals surface area contributed by atoms with Crippen LogP contribution in [0.3, 0.4) is 0 Å². The largest absolute Gasteiger partial charge is 0.146 e. The Hall–Kier alpha value is 1.18. The van der Waals surface area contributed by atoms with Crippen LogP contribution in [0.4, 0.5) is 0 Å². The van der Waals surface area contributed by atoms with Gasteiger partial charge in [-0.3, -0.25) is 0 Å². The molecule has 1 rings (SSSR count). The van der Waals surface area contributed by atoms with E-state index >= 15 is 0 Å². The van der Waals surface area contributed by atoms with Gasteiger partial charge in [-0.15, -0.1) is 23.5 Å². The third kappa shape index (κ3) is 3.97. The lowest BCUT2D eigenvalue weighted by Crippen LogP contribution is -2.29. The predicted molar refractivity (Wildman–Crippen MR) is 74.7 cm³/mol. The molecule has 0 aromatic heterocycles. The molecule has 0 radical (unpaired) electrons. The van der Waals surface area contributed by atoms with E-state index in [2.05, 4.69) is 74.1 Å². The van der Waals surface area contributed by atoms with E-state index in [9.17, 15) is 0 Å². The quantitative estimate of drug-likeness (QED) is 0.688. The van der Waals surface area contributed by atoms with Crippen molar-refractivity contribution in [3.8, 4) is 0 Å². The van der Waals surface area contributed by atoms with Crippen LogP contribution in [0.1, 0.15) is 41.0 Å². The van der Waals surface area contributed by atoms with Gasteiger partial charge in [0.2, 0.25) is 0 Å². The summed E-state index contributed by atoms with van der Waals surface area (Å²) in [5.41, 5.74) is 0.424. The topological polar surface area (TPSA) is 0 Å². The van der Waals surface area contributed by atoms with Crippen molar-refractivity contribution in [2.75, 3.05) is 5.75 Å². The minimum absolute atomic E-state index is 0.267. The molecule has 0 aliphatic carbocycles. The summed E-state index contributed by atoms with van der Waals surface area (Å²) in [7, 11) is 0. The number of thioether (sulfide) groups is 2. The van der Waals surface area contributed by atoms with Gasteiger partial charge in [-0.2, -0.15) is 0 Å². The molecule has 0 aromatic carbocycles. The monoisotopic (exact) mass is 296 g/mol. The van der Waals surface area contributed by atoms with Crippen molar-refractivity contribution >= 4 is 39.5 Å². The van der Waals surface area contributed by atoms with Gasteiger partial charge in [0, 0.05) is 15.3 Å². The Balaban J connectivity index is 2.56. The molecule has 0 N–H and O–H groups in total. The SMILES string of the molecule is CC1CSC(C(C)(C)CC(C)(C)Br)S1. The summed E-state index contributed by atoms with van der Waals surface area (Å²) in [5.74, 6) is 1.32. The zero-order valence-electron chi connectivity index (χ0n) is 9.76. The first-order valence-electron chi connectivity index (χ1n) is 5.17. The Morgan fingerprint density at radius 3 is 2.21 bits per heavy atom. The van der Waals surface area contributed by atoms with E-state index in [1.165, 1.54) is 12.2 Å². The number of hydrogen-bond acceptors (Lipinski definition) is 2. The van der Waals surface area contributed by atoms with E-state index in [0.717, 1.165) is 9.83 Å². The molecule has 3 heteroatoms. The van der Waals surface area contributed by atoms with Gasteiger partial charge in [0.1, 0.15) is 0 Å². The number of rotatable bonds is 3. The van der Waals surface area contributed by atoms with Crippen LogP contribution in [0, 0.1) is 5.41 Å². The van der Waals surface area contributed by atoms with Crippen molar-refractivity contribution in [3.05, 3.63) is 0 Å². The first kappa shape index (κ1) is 13.2. The molecule has 2 unspecified atom stereocenters. The standard InChI is InChI=1S/C11H21BrS2/c1-8-6-13-9(14-8)10(2,3)7-11(4,5)12/h8-9H,6-7H2,1-5H3. The molecule has 0 saturated carbocycles. The summed E-state index contributed by atoms with van der Waals surface area (Å²) in [6.45, 7) is 11.7. The summed E-state index contributed by atoms with van der Waals surface area (Å²) in [5, 5.41) is 0.836. The summed E-state index contributed by atoms with van der Waals surface area (Å²) in [6.07, 6.45) is 1.23. The Kier molecular flexibility index (Phi) is 4.34. The van der Waals surface area contributed by atoms with Crippen LogP contribution >= 0.6 is 39.5 Å². The average Bonchev–Trinajstić information content (AvgIpc) is 2.29. The average molecular weight is 297 g/mol. The molecule has 1 saturated heterocycles. The minimum atomic E-state index is 0.267. The molecular weight excluding hydrogens is 276 g/mol. The molecule has 1 fully saturated rings. The summed E-state index contributed by atoms with van der Waals surface area (Å²) in [4.78, 5) is 0. The lowest BCUT2D eigenvalue weighted by molar-refractivity contribution is 0.338. The van der Waals surface area contributed by atoms with E-state index in [-0.39, 0.29) is 4.32 Å². The van der Waals surface area contributed by atoms with Gasteiger partial charge in [0.25, 0.3) is 0 Å². The van der Waals surface area contributed by atoms with E-state index in [1.807, 2.05) is 0 Å². The summed E-state index contributed by atoms with van der Waals surface area (Å²) >= 11 is 8.05. The van der Waals surface area contributed by atoms with E-state index < -0.39 is 0 Å². The Morgan fingerprint density at radius 1 is 1.29 bits per heavy atom. The van der Waals surface area contributed by atoms with Crippen molar-refractivity contribution in [1.82, 2.24) is 0 Å². The second-order valence-corrected chi connectivity index (χ2v) is 10.6. The van der Waals surface area contributed by atoms with Crippen molar-refractivity contribution < 1.29 is 0 Å². The van der Waals surface area contributed by atoms with Crippen molar-refractivity contribution in [2.45, 2.75) is 55.2 Å². The molecule has 1 aliphatic heterocycles. The fraction of sp³-hybridized carbons (Fsp3) is 1.00. The van der Waals surface area contributed by atoms with Crippen molar-refractivity contribution in [2.24, 2.45) is 5.41 Å². The third-order valence-corrected chi connectivity index (χ3v) is 6.74. The predicted octanol–water partition coefficient (Wildman–Crippen LogP) is 4.77. The molecule has 0 nitrogen and oxygen atoms in total. The molecule has 0 spiro atoms. The first-order valence-corrected chi connectivity index (χ1v) is 7.95. The van der Waals surface area contributed by atoms with Crippen LogP contribution in [0.2, 0.25) is 0 Å². The Bertz CT molecular complexity index is 196. The number of halogens is 1. The van der Waals surface area contributed by atoms with Crippen LogP contribution in [0.25, 0.3) is 0 Å². The van der Waals surface area contributed by atoms with Gasteiger partial charge in [-0.25, -0.2) is 0 Å². The second-order valence-electron chi connectivity index (χ2n) is 5.50. The molecule has 0 aromatic rings. The first-order chi connectivity index (χ1) is 6.21. The van der Waals surface area contributed by atoms with Gasteiger partial charge in [-0.1, -0.05) is 50.5 Å². The van der Waals surface area contributed by atoms with Crippen molar-refractivity contribution in [1.29, 1.82) is 0 Å². The highest BCUT2D eigenvalue weighted by Crippen LogP contribution is 2.51. The molecule has 2 atom stereocenters. The molecule has 84 valence electrons. The number of hydrogen-bond donors (Lipinski definition) is 0. The highest BCUT2D eigenvalue weighted by Gasteiger charge is 2.38. The third-order valence-electron chi connectivity index (χ3n) is 2.35. The van der Waals surface area contributed by atoms with Crippen LogP contribution in [0.5, 0.6) is 0 Å². The lowest BCUT2D eigenvalue weighted by Gasteiger charge is -2.35. The van der Waals surface area contributed by atoms with E-state index in [0.29, 0.717) is 5.41 Å². The maximum absolute atomic E-state index is 3.76. The lowest BCUT2D eigenvalue weighted by atomic mass is 9.85. The highest BCUT2D eigenvalue weighted by molar-refractivity contribution is 9.10. The maximum Gasteiger partial charge on any atom is 0.0557 e. The molecule has 1 aliphatic rings. The van der Waals surface area contributed by atoms with Crippen LogP contribution in [-0.4, -0.2) is 19.9 Å². The van der Waals surface area contributed by atoms with Crippen LogP contribution in [-0.2, 0) is 0 Å². The Labute approximate surface area is 105 Å². The van der Waals surface area contributed by atoms with Gasteiger partial charge >= 0.3 is 0 Å². The fourth-order valence-corrected chi connectivity index (χ4v) is 6.33. The van der Waals surface area contributed by atoms with Gasteiger partial charge < -0.3 is 0 Å². The minimum Gasteiger partial charge on any atom is -0.146 e. The zero-order valence-corrected chi connectivity index (χ0v) is 13.0. The van der Waals surface area contributed by atoms with Crippen LogP contribution < -0.4 is 0 Å². The van der Waals surface area contributed by atoms with Gasteiger partial charge in [0.15, 0.2) is 0 Å². The van der Waals surface area contributed by atoms with Gasteiger partial charge in [-0.05, 0) is 11.8 Å². The molecule has 0 amide bonds. The van der Waals surface area contributed by atoms with Gasteiger partial charge in [0.05, 0.1) is 4.58 Å². The normalized spacial score (nSPS) is 29.6. The second kappa shape index (κ2) is 4.58. The summed E-state index contributed by atoms with van der Waals surface area (Å²) in [6, 6.07) is 0. The zero-order chi connectivity index (χ0) is 11.0.